The molecule has 11 heteroatoms. The van der Waals surface area contributed by atoms with Gasteiger partial charge in [0.05, 0.1) is 9.78 Å². The summed E-state index contributed by atoms with van der Waals surface area (Å²) in [6.07, 6.45) is -1.21. The SMILES string of the molecule is CO[C@H]1C(=O)N2C(C(=O)C(C)(C)C)=C(C)C(C)(Sc3nc(=O)c(OC(c4ccccc4)c4ccccc4)nn3C)S[C@@H]12. The predicted molar refractivity (Wildman–Crippen MR) is 163 cm³/mol. The van der Waals surface area contributed by atoms with Crippen LogP contribution in [-0.2, 0) is 21.4 Å². The topological polar surface area (TPSA) is 104 Å². The molecule has 0 N–H and O–H groups in total. The molecule has 0 radical (unpaired) electrons. The first-order valence-corrected chi connectivity index (χ1v) is 15.3. The van der Waals surface area contributed by atoms with Gasteiger partial charge in [0.25, 0.3) is 5.91 Å². The number of fused-ring (bicyclic) bond motifs is 1. The number of thioether (sulfide) groups is 2. The number of nitrogens with zero attached hydrogens (tertiary/aromatic N) is 4. The molecule has 0 spiro atoms. The molecule has 1 fully saturated rings. The van der Waals surface area contributed by atoms with E-state index in [4.69, 9.17) is 9.47 Å². The zero-order valence-electron chi connectivity index (χ0n) is 24.7. The monoisotopic (exact) mass is 606 g/mol. The van der Waals surface area contributed by atoms with Crippen molar-refractivity contribution < 1.29 is 19.1 Å². The lowest BCUT2D eigenvalue weighted by atomic mass is 9.85. The maximum atomic E-state index is 13.6. The number of carbonyl (C=O) groups is 2. The van der Waals surface area contributed by atoms with Crippen molar-refractivity contribution in [2.45, 2.75) is 61.4 Å². The third-order valence-corrected chi connectivity index (χ3v) is 10.6. The van der Waals surface area contributed by atoms with Crippen LogP contribution in [0.5, 0.6) is 5.88 Å². The smallest absolute Gasteiger partial charge is 0.336 e. The number of methoxy groups -OCH3 is 1. The van der Waals surface area contributed by atoms with Gasteiger partial charge in [-0.15, -0.1) is 16.9 Å². The Kier molecular flexibility index (Phi) is 8.12. The molecule has 3 heterocycles. The van der Waals surface area contributed by atoms with Crippen LogP contribution in [-0.4, -0.2) is 54.0 Å². The molecule has 1 unspecified atom stereocenters. The fourth-order valence-corrected chi connectivity index (χ4v) is 7.93. The van der Waals surface area contributed by atoms with Crippen LogP contribution in [0.15, 0.2) is 81.9 Å². The number of rotatable bonds is 8. The summed E-state index contributed by atoms with van der Waals surface area (Å²) >= 11 is 2.81. The lowest BCUT2D eigenvalue weighted by Crippen LogP contribution is -2.67. The summed E-state index contributed by atoms with van der Waals surface area (Å²) in [5.41, 5.74) is 1.56. The molecular weight excluding hydrogens is 572 g/mol. The molecule has 3 atom stereocenters. The van der Waals surface area contributed by atoms with Crippen LogP contribution < -0.4 is 10.3 Å². The summed E-state index contributed by atoms with van der Waals surface area (Å²) in [7, 11) is 3.20. The molecule has 1 amide bonds. The minimum Gasteiger partial charge on any atom is -0.460 e. The highest BCUT2D eigenvalue weighted by Crippen LogP contribution is 2.57. The summed E-state index contributed by atoms with van der Waals surface area (Å²) < 4.78 is 12.5. The average molecular weight is 607 g/mol. The molecule has 2 aliphatic rings. The van der Waals surface area contributed by atoms with Crippen molar-refractivity contribution in [2.24, 2.45) is 12.5 Å². The lowest BCUT2D eigenvalue weighted by molar-refractivity contribution is -0.160. The third-order valence-electron chi connectivity index (χ3n) is 7.39. The van der Waals surface area contributed by atoms with E-state index < -0.39 is 27.3 Å². The Bertz CT molecular complexity index is 1560. The largest absolute Gasteiger partial charge is 0.460 e. The van der Waals surface area contributed by atoms with Gasteiger partial charge in [0.1, 0.15) is 5.37 Å². The van der Waals surface area contributed by atoms with Crippen LogP contribution in [0.1, 0.15) is 51.8 Å². The molecule has 0 saturated carbocycles. The maximum Gasteiger partial charge on any atom is 0.336 e. The van der Waals surface area contributed by atoms with Crippen molar-refractivity contribution >= 4 is 35.2 Å². The predicted octanol–water partition coefficient (Wildman–Crippen LogP) is 4.97. The first kappa shape index (κ1) is 30.1. The van der Waals surface area contributed by atoms with Gasteiger partial charge in [0, 0.05) is 19.6 Å². The fourth-order valence-electron chi connectivity index (χ4n) is 4.92. The van der Waals surface area contributed by atoms with Gasteiger partial charge in [-0.2, -0.15) is 4.98 Å². The van der Waals surface area contributed by atoms with Crippen molar-refractivity contribution in [3.8, 4) is 5.88 Å². The lowest BCUT2D eigenvalue weighted by Gasteiger charge is -2.54. The first-order valence-electron chi connectivity index (χ1n) is 13.6. The Morgan fingerprint density at radius 3 is 2.14 bits per heavy atom. The third kappa shape index (κ3) is 5.41. The van der Waals surface area contributed by atoms with Crippen molar-refractivity contribution in [2.75, 3.05) is 7.11 Å². The van der Waals surface area contributed by atoms with E-state index in [1.807, 2.05) is 95.3 Å². The van der Waals surface area contributed by atoms with Gasteiger partial charge >= 0.3 is 11.4 Å². The number of hydrogen-bond acceptors (Lipinski definition) is 9. The van der Waals surface area contributed by atoms with Gasteiger partial charge in [-0.25, -0.2) is 4.68 Å². The Hall–Kier alpha value is -3.41. The molecule has 9 nitrogen and oxygen atoms in total. The average Bonchev–Trinajstić information content (AvgIpc) is 2.96. The summed E-state index contributed by atoms with van der Waals surface area (Å²) in [6, 6.07) is 19.3. The van der Waals surface area contributed by atoms with Gasteiger partial charge in [0.2, 0.25) is 0 Å². The minimum atomic E-state index is -0.743. The molecular formula is C31H34N4O5S2. The number of Topliss-reactive ketones (excluding diaryl/α,β-unsaturated/α-hetero) is 1. The van der Waals surface area contributed by atoms with E-state index in [0.717, 1.165) is 16.7 Å². The molecule has 1 saturated heterocycles. The number of benzene rings is 2. The number of amides is 1. The highest BCUT2D eigenvalue weighted by molar-refractivity contribution is 8.18. The number of β-lactam (4-membered cyclic amide) rings is 1. The molecule has 0 aliphatic carbocycles. The summed E-state index contributed by atoms with van der Waals surface area (Å²) in [4.78, 5) is 45.8. The normalized spacial score (nSPS) is 22.2. The van der Waals surface area contributed by atoms with E-state index in [1.165, 1.54) is 35.3 Å². The number of ketones is 1. The van der Waals surface area contributed by atoms with Crippen molar-refractivity contribution in [3.63, 3.8) is 0 Å². The maximum absolute atomic E-state index is 13.6. The summed E-state index contributed by atoms with van der Waals surface area (Å²) in [6.45, 7) is 9.33. The van der Waals surface area contributed by atoms with E-state index in [9.17, 15) is 14.4 Å². The zero-order valence-corrected chi connectivity index (χ0v) is 26.3. The Morgan fingerprint density at radius 1 is 1.05 bits per heavy atom. The van der Waals surface area contributed by atoms with E-state index in [2.05, 4.69) is 10.1 Å². The molecule has 1 aromatic heterocycles. The second-order valence-electron chi connectivity index (χ2n) is 11.4. The summed E-state index contributed by atoms with van der Waals surface area (Å²) in [5.74, 6) is -0.474. The van der Waals surface area contributed by atoms with Gasteiger partial charge in [0.15, 0.2) is 23.1 Å². The van der Waals surface area contributed by atoms with Gasteiger partial charge in [-0.05, 0) is 30.5 Å². The fraction of sp³-hybridized carbons (Fsp3) is 0.387. The number of ether oxygens (including phenoxy) is 2. The highest BCUT2D eigenvalue weighted by atomic mass is 32.2. The molecule has 2 aromatic carbocycles. The van der Waals surface area contributed by atoms with Crippen LogP contribution >= 0.6 is 23.5 Å². The van der Waals surface area contributed by atoms with Gasteiger partial charge < -0.3 is 9.47 Å². The standard InChI is InChI=1S/C31H34N4O5S2/c1-18-21(24(36)30(2,3)4)35-27(38)23(39-7)28(35)41-31(18,5)42-29-32-25(37)26(33-34(29)6)40-22(19-14-10-8-11-15-19)20-16-12-9-13-17-20/h8-17,22-23,28H,1-7H3/t23-,28-,31?/m0/s1. The Balaban J connectivity index is 1.50. The van der Waals surface area contributed by atoms with E-state index in [-0.39, 0.29) is 22.9 Å². The zero-order chi connectivity index (χ0) is 30.4. The van der Waals surface area contributed by atoms with Gasteiger partial charge in [-0.1, -0.05) is 93.2 Å². The Labute approximate surface area is 253 Å². The van der Waals surface area contributed by atoms with Gasteiger partial charge in [-0.3, -0.25) is 19.3 Å². The Morgan fingerprint density at radius 2 is 1.62 bits per heavy atom. The van der Waals surface area contributed by atoms with E-state index in [0.29, 0.717) is 10.9 Å². The van der Waals surface area contributed by atoms with Crippen LogP contribution in [0, 0.1) is 5.41 Å². The number of carbonyl (C=O) groups excluding carboxylic acids is 2. The second-order valence-corrected chi connectivity index (χ2v) is 14.6. The number of hydrogen-bond donors (Lipinski definition) is 0. The first-order chi connectivity index (χ1) is 19.9. The van der Waals surface area contributed by atoms with Crippen molar-refractivity contribution in [3.05, 3.63) is 93.4 Å². The van der Waals surface area contributed by atoms with Crippen LogP contribution in [0.2, 0.25) is 0 Å². The van der Waals surface area contributed by atoms with Crippen LogP contribution in [0.3, 0.4) is 0 Å². The quantitative estimate of drug-likeness (QED) is 0.329. The molecule has 2 aliphatic heterocycles. The number of aryl methyl sites for hydroxylation is 1. The number of allylic oxidation sites excluding steroid dienone is 1. The molecule has 0 bridgehead atoms. The van der Waals surface area contributed by atoms with Crippen molar-refractivity contribution in [1.82, 2.24) is 19.7 Å². The van der Waals surface area contributed by atoms with E-state index >= 15 is 0 Å². The highest BCUT2D eigenvalue weighted by Gasteiger charge is 2.59. The molecule has 5 rings (SSSR count). The minimum absolute atomic E-state index is 0.118. The second kappa shape index (κ2) is 11.3. The molecule has 42 heavy (non-hydrogen) atoms. The summed E-state index contributed by atoms with van der Waals surface area (Å²) in [5, 5.41) is 4.46. The van der Waals surface area contributed by atoms with Crippen molar-refractivity contribution in [1.29, 1.82) is 0 Å². The van der Waals surface area contributed by atoms with E-state index in [1.54, 1.807) is 11.9 Å². The van der Waals surface area contributed by atoms with Crippen LogP contribution in [0.25, 0.3) is 0 Å². The number of aromatic nitrogens is 3. The molecule has 3 aromatic rings. The molecule has 220 valence electrons. The van der Waals surface area contributed by atoms with Crippen LogP contribution in [0.4, 0.5) is 0 Å².